The second-order valence-corrected chi connectivity index (χ2v) is 12.1. The lowest BCUT2D eigenvalue weighted by molar-refractivity contribution is -0.118. The van der Waals surface area contributed by atoms with E-state index < -0.39 is 21.6 Å². The molecular formula is C24H39N5O5S. The highest BCUT2D eigenvalue weighted by atomic mass is 32.2. The third-order valence-corrected chi connectivity index (χ3v) is 7.97. The maximum absolute atomic E-state index is 13.2. The summed E-state index contributed by atoms with van der Waals surface area (Å²) in [4.78, 5) is 30.1. The van der Waals surface area contributed by atoms with Gasteiger partial charge in [0.1, 0.15) is 6.04 Å². The molecule has 2 heterocycles. The van der Waals surface area contributed by atoms with Gasteiger partial charge < -0.3 is 25.2 Å². The Balaban J connectivity index is 1.68. The third kappa shape index (κ3) is 8.45. The van der Waals surface area contributed by atoms with E-state index >= 15 is 0 Å². The first-order chi connectivity index (χ1) is 16.4. The van der Waals surface area contributed by atoms with E-state index in [1.165, 1.54) is 12.1 Å². The molecule has 0 saturated carbocycles. The summed E-state index contributed by atoms with van der Waals surface area (Å²) in [6.07, 6.45) is 2.50. The number of rotatable bonds is 7. The molecule has 1 aromatic carbocycles. The molecular weight excluding hydrogens is 470 g/mol. The molecule has 2 saturated heterocycles. The van der Waals surface area contributed by atoms with E-state index in [-0.39, 0.29) is 16.8 Å². The fraction of sp³-hybridized carbons (Fsp3) is 0.667. The van der Waals surface area contributed by atoms with Gasteiger partial charge >= 0.3 is 6.03 Å². The SMILES string of the molecule is CN1CCC(C[C@H](NC(=O)N2CCOCC2)C(=O)Nc2ccc(S(=O)(=O)NC(C)(C)C)cc2)CC1. The number of nitrogens with one attached hydrogen (secondary N) is 3. The van der Waals surface area contributed by atoms with Crippen molar-refractivity contribution < 1.29 is 22.7 Å². The molecule has 0 aromatic heterocycles. The van der Waals surface area contributed by atoms with Gasteiger partial charge in [-0.1, -0.05) is 0 Å². The van der Waals surface area contributed by atoms with Crippen LogP contribution in [-0.4, -0.2) is 88.2 Å². The van der Waals surface area contributed by atoms with Crippen molar-refractivity contribution in [2.24, 2.45) is 5.92 Å². The zero-order chi connectivity index (χ0) is 25.6. The van der Waals surface area contributed by atoms with E-state index in [0.29, 0.717) is 44.3 Å². The third-order valence-electron chi connectivity index (χ3n) is 6.19. The minimum atomic E-state index is -3.67. The van der Waals surface area contributed by atoms with Crippen LogP contribution in [0.3, 0.4) is 0 Å². The van der Waals surface area contributed by atoms with Crippen LogP contribution in [0.1, 0.15) is 40.0 Å². The maximum atomic E-state index is 13.2. The minimum Gasteiger partial charge on any atom is -0.378 e. The van der Waals surface area contributed by atoms with Gasteiger partial charge in [-0.05, 0) is 90.4 Å². The summed E-state index contributed by atoms with van der Waals surface area (Å²) in [5.74, 6) is 0.0249. The predicted molar refractivity (Wildman–Crippen MR) is 135 cm³/mol. The van der Waals surface area contributed by atoms with Crippen molar-refractivity contribution in [3.05, 3.63) is 24.3 Å². The molecule has 35 heavy (non-hydrogen) atoms. The first kappa shape index (κ1) is 27.4. The lowest BCUT2D eigenvalue weighted by Gasteiger charge is -2.33. The van der Waals surface area contributed by atoms with Crippen molar-refractivity contribution in [1.82, 2.24) is 19.8 Å². The van der Waals surface area contributed by atoms with Crippen LogP contribution in [-0.2, 0) is 19.6 Å². The Morgan fingerprint density at radius 3 is 2.23 bits per heavy atom. The van der Waals surface area contributed by atoms with Crippen molar-refractivity contribution in [2.75, 3.05) is 51.8 Å². The number of carbonyl (C=O) groups excluding carboxylic acids is 2. The molecule has 0 radical (unpaired) electrons. The molecule has 0 spiro atoms. The lowest BCUT2D eigenvalue weighted by Crippen LogP contribution is -2.53. The average Bonchev–Trinajstić information content (AvgIpc) is 2.79. The molecule has 0 aliphatic carbocycles. The summed E-state index contributed by atoms with van der Waals surface area (Å²) in [7, 11) is -1.59. The monoisotopic (exact) mass is 509 g/mol. The Morgan fingerprint density at radius 1 is 1.06 bits per heavy atom. The molecule has 0 bridgehead atoms. The molecule has 10 nitrogen and oxygen atoms in total. The van der Waals surface area contributed by atoms with Crippen LogP contribution in [0.25, 0.3) is 0 Å². The number of hydrogen-bond acceptors (Lipinski definition) is 6. The zero-order valence-corrected chi connectivity index (χ0v) is 22.0. The van der Waals surface area contributed by atoms with Gasteiger partial charge in [-0.3, -0.25) is 4.79 Å². The number of urea groups is 1. The van der Waals surface area contributed by atoms with Crippen molar-refractivity contribution in [3.8, 4) is 0 Å². The molecule has 2 fully saturated rings. The van der Waals surface area contributed by atoms with E-state index in [4.69, 9.17) is 4.74 Å². The molecule has 0 unspecified atom stereocenters. The largest absolute Gasteiger partial charge is 0.378 e. The molecule has 2 aliphatic heterocycles. The molecule has 1 atom stereocenters. The van der Waals surface area contributed by atoms with E-state index in [9.17, 15) is 18.0 Å². The van der Waals surface area contributed by atoms with Crippen LogP contribution in [0.2, 0.25) is 0 Å². The fourth-order valence-corrected chi connectivity index (χ4v) is 5.70. The summed E-state index contributed by atoms with van der Waals surface area (Å²) in [5.41, 5.74) is -0.135. The Labute approximate surface area is 208 Å². The lowest BCUT2D eigenvalue weighted by atomic mass is 9.90. The number of benzene rings is 1. The number of morpholine rings is 1. The van der Waals surface area contributed by atoms with Crippen LogP contribution in [0.5, 0.6) is 0 Å². The van der Waals surface area contributed by atoms with Crippen molar-refractivity contribution >= 4 is 27.6 Å². The van der Waals surface area contributed by atoms with E-state index in [1.54, 1.807) is 37.8 Å². The summed E-state index contributed by atoms with van der Waals surface area (Å²) < 4.78 is 33.0. The molecule has 1 aromatic rings. The Bertz CT molecular complexity index is 963. The Morgan fingerprint density at radius 2 is 1.66 bits per heavy atom. The van der Waals surface area contributed by atoms with Crippen LogP contribution >= 0.6 is 0 Å². The number of nitrogens with zero attached hydrogens (tertiary/aromatic N) is 2. The van der Waals surface area contributed by atoms with E-state index in [1.807, 2.05) is 0 Å². The molecule has 3 amide bonds. The standard InChI is InChI=1S/C24H39N5O5S/c1-24(2,3)27-35(32,33)20-7-5-19(6-8-20)25-22(30)21(17-18-9-11-28(4)12-10-18)26-23(31)29-13-15-34-16-14-29/h5-8,18,21,27H,9-17H2,1-4H3,(H,25,30)(H,26,31)/t21-/m0/s1. The number of carbonyl (C=O) groups is 2. The van der Waals surface area contributed by atoms with Gasteiger partial charge in [0.05, 0.1) is 18.1 Å². The molecule has 2 aliphatic rings. The van der Waals surface area contributed by atoms with Crippen molar-refractivity contribution in [1.29, 1.82) is 0 Å². The molecule has 196 valence electrons. The van der Waals surface area contributed by atoms with Gasteiger partial charge in [-0.15, -0.1) is 0 Å². The minimum absolute atomic E-state index is 0.119. The maximum Gasteiger partial charge on any atom is 0.318 e. The molecule has 3 N–H and O–H groups in total. The zero-order valence-electron chi connectivity index (χ0n) is 21.2. The number of hydrogen-bond donors (Lipinski definition) is 3. The topological polar surface area (TPSA) is 120 Å². The van der Waals surface area contributed by atoms with Crippen molar-refractivity contribution in [3.63, 3.8) is 0 Å². The predicted octanol–water partition coefficient (Wildman–Crippen LogP) is 1.84. The van der Waals surface area contributed by atoms with Crippen LogP contribution < -0.4 is 15.4 Å². The summed E-state index contributed by atoms with van der Waals surface area (Å²) in [5, 5.41) is 5.78. The smallest absolute Gasteiger partial charge is 0.318 e. The quantitative estimate of drug-likeness (QED) is 0.516. The van der Waals surface area contributed by atoms with E-state index in [2.05, 4.69) is 27.3 Å². The molecule has 11 heteroatoms. The van der Waals surface area contributed by atoms with Crippen LogP contribution in [0.4, 0.5) is 10.5 Å². The van der Waals surface area contributed by atoms with Gasteiger partial charge in [0.15, 0.2) is 0 Å². The number of ether oxygens (including phenoxy) is 1. The second-order valence-electron chi connectivity index (χ2n) is 10.5. The van der Waals surface area contributed by atoms with Crippen molar-refractivity contribution in [2.45, 2.75) is 56.5 Å². The van der Waals surface area contributed by atoms with Crippen LogP contribution in [0.15, 0.2) is 29.2 Å². The Kier molecular flexibility index (Phi) is 9.14. The molecule has 3 rings (SSSR count). The first-order valence-electron chi connectivity index (χ1n) is 12.2. The number of amides is 3. The fourth-order valence-electron chi connectivity index (χ4n) is 4.28. The van der Waals surface area contributed by atoms with Gasteiger partial charge in [0.2, 0.25) is 15.9 Å². The van der Waals surface area contributed by atoms with Gasteiger partial charge in [-0.2, -0.15) is 0 Å². The van der Waals surface area contributed by atoms with Gasteiger partial charge in [-0.25, -0.2) is 17.9 Å². The summed E-state index contributed by atoms with van der Waals surface area (Å²) >= 11 is 0. The van der Waals surface area contributed by atoms with E-state index in [0.717, 1.165) is 25.9 Å². The highest BCUT2D eigenvalue weighted by molar-refractivity contribution is 7.89. The average molecular weight is 510 g/mol. The highest BCUT2D eigenvalue weighted by Gasteiger charge is 2.29. The summed E-state index contributed by atoms with van der Waals surface area (Å²) in [6, 6.07) is 5.09. The normalized spacial score (nSPS) is 19.3. The number of piperidine rings is 1. The van der Waals surface area contributed by atoms with Crippen LogP contribution in [0, 0.1) is 5.92 Å². The summed E-state index contributed by atoms with van der Waals surface area (Å²) in [6.45, 7) is 9.21. The first-order valence-corrected chi connectivity index (χ1v) is 13.7. The number of anilines is 1. The van der Waals surface area contributed by atoms with Gasteiger partial charge in [0.25, 0.3) is 0 Å². The highest BCUT2D eigenvalue weighted by Crippen LogP contribution is 2.23. The Hall–Kier alpha value is -2.21. The number of sulfonamides is 1. The van der Waals surface area contributed by atoms with Gasteiger partial charge in [0, 0.05) is 24.3 Å². The number of likely N-dealkylation sites (tertiary alicyclic amines) is 1. The second kappa shape index (κ2) is 11.7.